The summed E-state index contributed by atoms with van der Waals surface area (Å²) in [6.07, 6.45) is 0. The molecule has 0 bridgehead atoms. The number of hydrogen-bond acceptors (Lipinski definition) is 3. The molecule has 1 N–H and O–H groups in total. The molecule has 1 aliphatic rings. The number of benzene rings is 3. The Kier molecular flexibility index (Phi) is 4.77. The van der Waals surface area contributed by atoms with E-state index in [-0.39, 0.29) is 11.8 Å². The van der Waals surface area contributed by atoms with Gasteiger partial charge in [-0.25, -0.2) is 4.90 Å². The predicted octanol–water partition coefficient (Wildman–Crippen LogP) is 5.01. The quantitative estimate of drug-likeness (QED) is 0.646. The van der Waals surface area contributed by atoms with E-state index in [9.17, 15) is 9.59 Å². The maximum atomic E-state index is 13.4. The van der Waals surface area contributed by atoms with Gasteiger partial charge in [-0.3, -0.25) is 9.59 Å². The topological polar surface area (TPSA) is 49.4 Å². The van der Waals surface area contributed by atoms with Gasteiger partial charge in [-0.1, -0.05) is 60.2 Å². The summed E-state index contributed by atoms with van der Waals surface area (Å²) in [5.74, 6) is -0.661. The van der Waals surface area contributed by atoms with Gasteiger partial charge in [-0.05, 0) is 55.7 Å². The summed E-state index contributed by atoms with van der Waals surface area (Å²) < 4.78 is 0. The Bertz CT molecular complexity index is 1150. The molecule has 0 atom stereocenters. The van der Waals surface area contributed by atoms with E-state index < -0.39 is 0 Å². The number of hydrogen-bond donors (Lipinski definition) is 1. The predicted molar refractivity (Wildman–Crippen MR) is 117 cm³/mol. The average molecular weight is 382 g/mol. The number of carbonyl (C=O) groups excluding carboxylic acids is 2. The third-order valence-corrected chi connectivity index (χ3v) is 5.03. The molecule has 3 aromatic carbocycles. The lowest BCUT2D eigenvalue weighted by Crippen LogP contribution is -2.33. The molecule has 1 aliphatic heterocycles. The SMILES string of the molecule is Cc1cccc(NC2=C(c3ccccc3)C(=O)N(c3ccc(C)cc3C)C2=O)c1. The maximum absolute atomic E-state index is 13.4. The molecule has 1 heterocycles. The molecular formula is C25H22N2O2. The molecule has 0 aromatic heterocycles. The van der Waals surface area contributed by atoms with E-state index in [0.29, 0.717) is 22.5 Å². The molecule has 0 saturated heterocycles. The van der Waals surface area contributed by atoms with E-state index >= 15 is 0 Å². The first-order valence-electron chi connectivity index (χ1n) is 9.55. The zero-order valence-electron chi connectivity index (χ0n) is 16.7. The summed E-state index contributed by atoms with van der Waals surface area (Å²) in [5.41, 5.74) is 5.82. The molecule has 4 heteroatoms. The van der Waals surface area contributed by atoms with Crippen molar-refractivity contribution in [3.05, 3.63) is 101 Å². The molecule has 0 radical (unpaired) electrons. The van der Waals surface area contributed by atoms with Crippen LogP contribution in [-0.2, 0) is 9.59 Å². The van der Waals surface area contributed by atoms with Gasteiger partial charge in [0.25, 0.3) is 11.8 Å². The van der Waals surface area contributed by atoms with Crippen molar-refractivity contribution >= 4 is 28.8 Å². The first-order valence-corrected chi connectivity index (χ1v) is 9.55. The van der Waals surface area contributed by atoms with E-state index in [4.69, 9.17) is 0 Å². The summed E-state index contributed by atoms with van der Waals surface area (Å²) in [7, 11) is 0. The minimum absolute atomic E-state index is 0.298. The molecule has 4 nitrogen and oxygen atoms in total. The molecule has 2 amide bonds. The fourth-order valence-corrected chi connectivity index (χ4v) is 3.66. The van der Waals surface area contributed by atoms with Crippen molar-refractivity contribution in [2.75, 3.05) is 10.2 Å². The molecular weight excluding hydrogens is 360 g/mol. The molecule has 29 heavy (non-hydrogen) atoms. The van der Waals surface area contributed by atoms with Gasteiger partial charge in [0.2, 0.25) is 0 Å². The van der Waals surface area contributed by atoms with Gasteiger partial charge in [0.05, 0.1) is 11.3 Å². The normalized spacial score (nSPS) is 14.0. The Morgan fingerprint density at radius 2 is 1.45 bits per heavy atom. The highest BCUT2D eigenvalue weighted by molar-refractivity contribution is 6.46. The number of imide groups is 1. The van der Waals surface area contributed by atoms with Crippen LogP contribution in [0.15, 0.2) is 78.5 Å². The number of aryl methyl sites for hydroxylation is 3. The molecule has 0 fully saturated rings. The number of carbonyl (C=O) groups is 2. The molecule has 0 aliphatic carbocycles. The maximum Gasteiger partial charge on any atom is 0.282 e. The molecule has 3 aromatic rings. The average Bonchev–Trinajstić information content (AvgIpc) is 2.93. The van der Waals surface area contributed by atoms with Crippen LogP contribution in [0.2, 0.25) is 0 Å². The van der Waals surface area contributed by atoms with Gasteiger partial charge in [-0.2, -0.15) is 0 Å². The fraction of sp³-hybridized carbons (Fsp3) is 0.120. The van der Waals surface area contributed by atoms with Gasteiger partial charge in [0.15, 0.2) is 0 Å². The van der Waals surface area contributed by atoms with Gasteiger partial charge >= 0.3 is 0 Å². The van der Waals surface area contributed by atoms with Crippen molar-refractivity contribution in [1.82, 2.24) is 0 Å². The third kappa shape index (κ3) is 3.45. The molecule has 4 rings (SSSR count). The van der Waals surface area contributed by atoms with Gasteiger partial charge in [0, 0.05) is 5.69 Å². The summed E-state index contributed by atoms with van der Waals surface area (Å²) in [5, 5.41) is 3.21. The Labute approximate surface area is 170 Å². The minimum atomic E-state index is -0.345. The highest BCUT2D eigenvalue weighted by Crippen LogP contribution is 2.35. The summed E-state index contributed by atoms with van der Waals surface area (Å²) >= 11 is 0. The molecule has 144 valence electrons. The highest BCUT2D eigenvalue weighted by atomic mass is 16.2. The van der Waals surface area contributed by atoms with Crippen molar-refractivity contribution in [3.63, 3.8) is 0 Å². The lowest BCUT2D eigenvalue weighted by atomic mass is 10.0. The van der Waals surface area contributed by atoms with Crippen molar-refractivity contribution in [3.8, 4) is 0 Å². The summed E-state index contributed by atoms with van der Waals surface area (Å²) in [6.45, 7) is 5.89. The van der Waals surface area contributed by atoms with Crippen LogP contribution in [0.25, 0.3) is 5.57 Å². The second-order valence-corrected chi connectivity index (χ2v) is 7.35. The third-order valence-electron chi connectivity index (χ3n) is 5.03. The highest BCUT2D eigenvalue weighted by Gasteiger charge is 2.40. The number of anilines is 2. The van der Waals surface area contributed by atoms with E-state index in [2.05, 4.69) is 5.32 Å². The van der Waals surface area contributed by atoms with Crippen molar-refractivity contribution in [2.24, 2.45) is 0 Å². The van der Waals surface area contributed by atoms with Crippen LogP contribution in [0.4, 0.5) is 11.4 Å². The first-order chi connectivity index (χ1) is 14.0. The first kappa shape index (κ1) is 18.7. The smallest absolute Gasteiger partial charge is 0.282 e. The zero-order chi connectivity index (χ0) is 20.5. The minimum Gasteiger partial charge on any atom is -0.350 e. The van der Waals surface area contributed by atoms with Crippen LogP contribution >= 0.6 is 0 Å². The monoisotopic (exact) mass is 382 g/mol. The van der Waals surface area contributed by atoms with Crippen LogP contribution in [-0.4, -0.2) is 11.8 Å². The largest absolute Gasteiger partial charge is 0.350 e. The number of amides is 2. The summed E-state index contributed by atoms with van der Waals surface area (Å²) in [4.78, 5) is 28.1. The Morgan fingerprint density at radius 3 is 2.14 bits per heavy atom. The summed E-state index contributed by atoms with van der Waals surface area (Å²) in [6, 6.07) is 22.8. The van der Waals surface area contributed by atoms with Crippen LogP contribution in [0.3, 0.4) is 0 Å². The van der Waals surface area contributed by atoms with E-state index in [0.717, 1.165) is 22.4 Å². The molecule has 0 saturated carbocycles. The second kappa shape index (κ2) is 7.40. The number of rotatable bonds is 4. The second-order valence-electron chi connectivity index (χ2n) is 7.35. The standard InChI is InChI=1S/C25H22N2O2/c1-16-8-7-11-20(15-16)26-23-22(19-9-5-4-6-10-19)24(28)27(25(23)29)21-13-12-17(2)14-18(21)3/h4-15,26H,1-3H3. The van der Waals surface area contributed by atoms with Gasteiger partial charge in [0.1, 0.15) is 5.70 Å². The molecule has 0 spiro atoms. The van der Waals surface area contributed by atoms with Crippen molar-refractivity contribution < 1.29 is 9.59 Å². The Balaban J connectivity index is 1.84. The van der Waals surface area contributed by atoms with Gasteiger partial charge < -0.3 is 5.32 Å². The van der Waals surface area contributed by atoms with Crippen LogP contribution in [0.5, 0.6) is 0 Å². The zero-order valence-corrected chi connectivity index (χ0v) is 16.7. The van der Waals surface area contributed by atoms with E-state index in [1.807, 2.05) is 93.6 Å². The van der Waals surface area contributed by atoms with Crippen LogP contribution in [0, 0.1) is 20.8 Å². The van der Waals surface area contributed by atoms with Crippen molar-refractivity contribution in [2.45, 2.75) is 20.8 Å². The number of nitrogens with one attached hydrogen (secondary N) is 1. The van der Waals surface area contributed by atoms with Gasteiger partial charge in [-0.15, -0.1) is 0 Å². The Morgan fingerprint density at radius 1 is 0.724 bits per heavy atom. The number of nitrogens with zero attached hydrogens (tertiary/aromatic N) is 1. The lowest BCUT2D eigenvalue weighted by Gasteiger charge is -2.18. The van der Waals surface area contributed by atoms with E-state index in [1.165, 1.54) is 4.90 Å². The van der Waals surface area contributed by atoms with Crippen LogP contribution in [0.1, 0.15) is 22.3 Å². The lowest BCUT2D eigenvalue weighted by molar-refractivity contribution is -0.120. The Hall–Kier alpha value is -3.66. The van der Waals surface area contributed by atoms with E-state index in [1.54, 1.807) is 0 Å². The van der Waals surface area contributed by atoms with Crippen molar-refractivity contribution in [1.29, 1.82) is 0 Å². The molecule has 0 unspecified atom stereocenters. The van der Waals surface area contributed by atoms with Crippen LogP contribution < -0.4 is 10.2 Å². The fourth-order valence-electron chi connectivity index (χ4n) is 3.66.